The van der Waals surface area contributed by atoms with Crippen molar-refractivity contribution in [3.63, 3.8) is 0 Å². The molecule has 0 saturated carbocycles. The van der Waals surface area contributed by atoms with Crippen LogP contribution < -0.4 is 14.2 Å². The molecule has 0 heterocycles. The third-order valence-corrected chi connectivity index (χ3v) is 5.66. The monoisotopic (exact) mass is 347 g/mol. The number of hydrogen-bond donors (Lipinski definition) is 1. The van der Waals surface area contributed by atoms with E-state index in [2.05, 4.69) is 4.72 Å². The number of sulfonamides is 1. The van der Waals surface area contributed by atoms with E-state index in [4.69, 9.17) is 9.47 Å². The van der Waals surface area contributed by atoms with Crippen molar-refractivity contribution in [3.05, 3.63) is 47.5 Å². The first-order valence-corrected chi connectivity index (χ1v) is 9.38. The number of ether oxygens (including phenoxy) is 2. The lowest BCUT2D eigenvalue weighted by Crippen LogP contribution is -2.16. The SMILES string of the molecule is COc1ccc(NS(=O)(=O)c2cc3c(cc2OC)CCCC3)cc1. The second-order valence-electron chi connectivity index (χ2n) is 5.81. The minimum absolute atomic E-state index is 0.182. The Balaban J connectivity index is 1.96. The van der Waals surface area contributed by atoms with Gasteiger partial charge in [0.15, 0.2) is 0 Å². The number of methoxy groups -OCH3 is 2. The molecule has 0 bridgehead atoms. The Kier molecular flexibility index (Phi) is 4.66. The van der Waals surface area contributed by atoms with Crippen molar-refractivity contribution in [2.75, 3.05) is 18.9 Å². The molecule has 0 aliphatic heterocycles. The Morgan fingerprint density at radius 3 is 2.12 bits per heavy atom. The molecule has 1 aliphatic rings. The van der Waals surface area contributed by atoms with E-state index >= 15 is 0 Å². The Labute approximate surface area is 142 Å². The predicted molar refractivity (Wildman–Crippen MR) is 93.4 cm³/mol. The second-order valence-corrected chi connectivity index (χ2v) is 7.46. The molecule has 1 N–H and O–H groups in total. The smallest absolute Gasteiger partial charge is 0.265 e. The second kappa shape index (κ2) is 6.73. The summed E-state index contributed by atoms with van der Waals surface area (Å²) in [4.78, 5) is 0.182. The van der Waals surface area contributed by atoms with Gasteiger partial charge >= 0.3 is 0 Å². The summed E-state index contributed by atoms with van der Waals surface area (Å²) in [6.45, 7) is 0. The van der Waals surface area contributed by atoms with Crippen LogP contribution in [0.25, 0.3) is 0 Å². The summed E-state index contributed by atoms with van der Waals surface area (Å²) < 4.78 is 38.6. The maximum Gasteiger partial charge on any atom is 0.265 e. The Morgan fingerprint density at radius 2 is 1.54 bits per heavy atom. The number of benzene rings is 2. The molecule has 24 heavy (non-hydrogen) atoms. The van der Waals surface area contributed by atoms with Crippen LogP contribution in [0, 0.1) is 0 Å². The molecule has 1 aliphatic carbocycles. The van der Waals surface area contributed by atoms with Gasteiger partial charge in [-0.25, -0.2) is 8.42 Å². The first kappa shape index (κ1) is 16.6. The summed E-state index contributed by atoms with van der Waals surface area (Å²) >= 11 is 0. The molecule has 0 radical (unpaired) electrons. The topological polar surface area (TPSA) is 64.6 Å². The molecule has 2 aromatic carbocycles. The molecule has 0 atom stereocenters. The van der Waals surface area contributed by atoms with E-state index in [1.807, 2.05) is 6.07 Å². The average Bonchev–Trinajstić information content (AvgIpc) is 2.61. The molecule has 6 heteroatoms. The Hall–Kier alpha value is -2.21. The maximum atomic E-state index is 12.8. The summed E-state index contributed by atoms with van der Waals surface area (Å²) in [7, 11) is -0.661. The molecule has 0 amide bonds. The van der Waals surface area contributed by atoms with Crippen LogP contribution >= 0.6 is 0 Å². The van der Waals surface area contributed by atoms with Crippen molar-refractivity contribution < 1.29 is 17.9 Å². The molecular formula is C18H21NO4S. The summed E-state index contributed by atoms with van der Waals surface area (Å²) in [5.74, 6) is 1.06. The molecule has 0 aromatic heterocycles. The molecule has 3 rings (SSSR count). The van der Waals surface area contributed by atoms with Crippen molar-refractivity contribution in [1.29, 1.82) is 0 Å². The average molecular weight is 347 g/mol. The van der Waals surface area contributed by atoms with E-state index in [-0.39, 0.29) is 4.90 Å². The standard InChI is InChI=1S/C18H21NO4S/c1-22-16-9-7-15(8-10-16)19-24(20,21)18-12-14-6-4-3-5-13(14)11-17(18)23-2/h7-12,19H,3-6H2,1-2H3. The largest absolute Gasteiger partial charge is 0.497 e. The van der Waals surface area contributed by atoms with Gasteiger partial charge in [-0.1, -0.05) is 0 Å². The quantitative estimate of drug-likeness (QED) is 0.900. The molecule has 0 spiro atoms. The van der Waals surface area contributed by atoms with E-state index in [9.17, 15) is 8.42 Å². The first-order valence-electron chi connectivity index (χ1n) is 7.90. The molecule has 128 valence electrons. The molecule has 5 nitrogen and oxygen atoms in total. The lowest BCUT2D eigenvalue weighted by Gasteiger charge is -2.19. The van der Waals surface area contributed by atoms with Crippen LogP contribution in [-0.2, 0) is 22.9 Å². The van der Waals surface area contributed by atoms with Crippen LogP contribution in [0.2, 0.25) is 0 Å². The Morgan fingerprint density at radius 1 is 0.917 bits per heavy atom. The highest BCUT2D eigenvalue weighted by molar-refractivity contribution is 7.92. The van der Waals surface area contributed by atoms with E-state index in [1.54, 1.807) is 37.4 Å². The molecule has 0 fully saturated rings. The van der Waals surface area contributed by atoms with Crippen molar-refractivity contribution in [1.82, 2.24) is 0 Å². The van der Waals surface area contributed by atoms with Gasteiger partial charge in [-0.15, -0.1) is 0 Å². The van der Waals surface area contributed by atoms with Crippen LogP contribution in [0.15, 0.2) is 41.3 Å². The molecule has 0 unspecified atom stereocenters. The maximum absolute atomic E-state index is 12.8. The third kappa shape index (κ3) is 3.33. The van der Waals surface area contributed by atoms with Gasteiger partial charge in [0.2, 0.25) is 0 Å². The normalized spacial score (nSPS) is 13.9. The van der Waals surface area contributed by atoms with Gasteiger partial charge in [-0.2, -0.15) is 0 Å². The van der Waals surface area contributed by atoms with Gasteiger partial charge < -0.3 is 9.47 Å². The number of fused-ring (bicyclic) bond motifs is 1. The van der Waals surface area contributed by atoms with Crippen molar-refractivity contribution in [3.8, 4) is 11.5 Å². The van der Waals surface area contributed by atoms with Gasteiger partial charge in [0.1, 0.15) is 16.4 Å². The van der Waals surface area contributed by atoms with E-state index < -0.39 is 10.0 Å². The zero-order valence-corrected chi connectivity index (χ0v) is 14.7. The van der Waals surface area contributed by atoms with Crippen molar-refractivity contribution >= 4 is 15.7 Å². The van der Waals surface area contributed by atoms with Crippen molar-refractivity contribution in [2.24, 2.45) is 0 Å². The van der Waals surface area contributed by atoms with Crippen LogP contribution in [0.5, 0.6) is 11.5 Å². The van der Waals surface area contributed by atoms with Crippen LogP contribution in [0.4, 0.5) is 5.69 Å². The highest BCUT2D eigenvalue weighted by Crippen LogP contribution is 2.33. The first-order chi connectivity index (χ1) is 11.5. The number of anilines is 1. The number of nitrogens with one attached hydrogen (secondary N) is 1. The zero-order chi connectivity index (χ0) is 17.2. The fourth-order valence-electron chi connectivity index (χ4n) is 2.98. The van der Waals surface area contributed by atoms with Crippen LogP contribution in [0.3, 0.4) is 0 Å². The van der Waals surface area contributed by atoms with E-state index in [0.29, 0.717) is 17.2 Å². The molecular weight excluding hydrogens is 326 g/mol. The number of rotatable bonds is 5. The Bertz CT molecular complexity index is 829. The summed E-state index contributed by atoms with van der Waals surface area (Å²) in [5, 5.41) is 0. The predicted octanol–water partition coefficient (Wildman–Crippen LogP) is 3.38. The summed E-state index contributed by atoms with van der Waals surface area (Å²) in [6, 6.07) is 10.4. The molecule has 0 saturated heterocycles. The fraction of sp³-hybridized carbons (Fsp3) is 0.333. The summed E-state index contributed by atoms with van der Waals surface area (Å²) in [5.41, 5.74) is 2.76. The fourth-order valence-corrected chi connectivity index (χ4v) is 4.24. The lowest BCUT2D eigenvalue weighted by molar-refractivity contribution is 0.401. The molecule has 2 aromatic rings. The van der Waals surface area contributed by atoms with Crippen LogP contribution in [-0.4, -0.2) is 22.6 Å². The minimum atomic E-state index is -3.72. The van der Waals surface area contributed by atoms with Crippen LogP contribution in [0.1, 0.15) is 24.0 Å². The highest BCUT2D eigenvalue weighted by Gasteiger charge is 2.23. The lowest BCUT2D eigenvalue weighted by atomic mass is 9.92. The summed E-state index contributed by atoms with van der Waals surface area (Å²) in [6.07, 6.45) is 4.10. The van der Waals surface area contributed by atoms with E-state index in [1.165, 1.54) is 12.7 Å². The third-order valence-electron chi connectivity index (χ3n) is 4.26. The van der Waals surface area contributed by atoms with Gasteiger partial charge in [-0.3, -0.25) is 4.72 Å². The number of aryl methyl sites for hydroxylation is 2. The van der Waals surface area contributed by atoms with Crippen molar-refractivity contribution in [2.45, 2.75) is 30.6 Å². The highest BCUT2D eigenvalue weighted by atomic mass is 32.2. The van der Waals surface area contributed by atoms with Gasteiger partial charge in [0.25, 0.3) is 10.0 Å². The number of hydrogen-bond acceptors (Lipinski definition) is 4. The minimum Gasteiger partial charge on any atom is -0.497 e. The van der Waals surface area contributed by atoms with Gasteiger partial charge in [0, 0.05) is 5.69 Å². The zero-order valence-electron chi connectivity index (χ0n) is 13.8. The van der Waals surface area contributed by atoms with E-state index in [0.717, 1.165) is 31.2 Å². The van der Waals surface area contributed by atoms with Gasteiger partial charge in [-0.05, 0) is 73.2 Å². The van der Waals surface area contributed by atoms with Gasteiger partial charge in [0.05, 0.1) is 14.2 Å².